The molecule has 1 saturated heterocycles. The molecule has 0 unspecified atom stereocenters. The summed E-state index contributed by atoms with van der Waals surface area (Å²) in [5.41, 5.74) is 2.88. The second-order valence-electron chi connectivity index (χ2n) is 6.90. The van der Waals surface area contributed by atoms with Crippen molar-refractivity contribution in [3.05, 3.63) is 64.4 Å². The van der Waals surface area contributed by atoms with Gasteiger partial charge >= 0.3 is 0 Å². The molecule has 0 aliphatic carbocycles. The third-order valence-corrected chi connectivity index (χ3v) is 5.16. The highest BCUT2D eigenvalue weighted by Gasteiger charge is 2.17. The highest BCUT2D eigenvalue weighted by molar-refractivity contribution is 6.33. The Balaban J connectivity index is 1.37. The minimum atomic E-state index is -0.443. The van der Waals surface area contributed by atoms with Gasteiger partial charge in [0.15, 0.2) is 0 Å². The normalized spacial score (nSPS) is 15.0. The summed E-state index contributed by atoms with van der Waals surface area (Å²) < 4.78 is 13.1. The van der Waals surface area contributed by atoms with Crippen LogP contribution >= 0.6 is 11.6 Å². The van der Waals surface area contributed by atoms with Crippen LogP contribution in [0, 0.1) is 12.7 Å². The molecule has 1 heterocycles. The van der Waals surface area contributed by atoms with Crippen molar-refractivity contribution in [3.63, 3.8) is 0 Å². The zero-order valence-electron chi connectivity index (χ0n) is 15.5. The molecule has 2 aromatic carbocycles. The van der Waals surface area contributed by atoms with Crippen LogP contribution in [-0.2, 0) is 0 Å². The van der Waals surface area contributed by atoms with Gasteiger partial charge in [0.1, 0.15) is 5.82 Å². The van der Waals surface area contributed by atoms with Crippen molar-refractivity contribution in [3.8, 4) is 0 Å². The van der Waals surface area contributed by atoms with Crippen LogP contribution in [0.2, 0.25) is 5.02 Å². The second kappa shape index (κ2) is 9.20. The largest absolute Gasteiger partial charge is 0.369 e. The Kier molecular flexibility index (Phi) is 6.69. The van der Waals surface area contributed by atoms with Crippen molar-refractivity contribution in [1.29, 1.82) is 0 Å². The summed E-state index contributed by atoms with van der Waals surface area (Å²) >= 11 is 5.92. The number of nitrogens with zero attached hydrogens (tertiary/aromatic N) is 2. The van der Waals surface area contributed by atoms with E-state index >= 15 is 0 Å². The summed E-state index contributed by atoms with van der Waals surface area (Å²) in [6.45, 7) is 7.70. The third-order valence-electron chi connectivity index (χ3n) is 4.85. The molecule has 6 heteroatoms. The number of amides is 1. The molecule has 1 aliphatic heterocycles. The van der Waals surface area contributed by atoms with Crippen LogP contribution in [0.1, 0.15) is 22.3 Å². The fraction of sp³-hybridized carbons (Fsp3) is 0.381. The Hall–Kier alpha value is -2.11. The van der Waals surface area contributed by atoms with E-state index in [2.05, 4.69) is 46.3 Å². The predicted molar refractivity (Wildman–Crippen MR) is 108 cm³/mol. The van der Waals surface area contributed by atoms with Gasteiger partial charge in [-0.1, -0.05) is 23.7 Å². The van der Waals surface area contributed by atoms with E-state index in [0.717, 1.165) is 45.2 Å². The van der Waals surface area contributed by atoms with Crippen molar-refractivity contribution >= 4 is 23.2 Å². The summed E-state index contributed by atoms with van der Waals surface area (Å²) in [7, 11) is 0. The number of hydrogen-bond acceptors (Lipinski definition) is 3. The van der Waals surface area contributed by atoms with Gasteiger partial charge in [-0.2, -0.15) is 0 Å². The van der Waals surface area contributed by atoms with Gasteiger partial charge in [-0.05, 0) is 55.8 Å². The van der Waals surface area contributed by atoms with Crippen LogP contribution in [0.4, 0.5) is 10.1 Å². The standard InChI is InChI=1S/C21H25ClFN3O/c1-16-4-2-5-18(14-16)26-12-10-25(11-13-26)9-3-8-24-21(27)19-7-6-17(23)15-20(19)22/h2,4-7,14-15H,3,8-13H2,1H3,(H,24,27). The number of anilines is 1. The number of aryl methyl sites for hydroxylation is 1. The smallest absolute Gasteiger partial charge is 0.252 e. The summed E-state index contributed by atoms with van der Waals surface area (Å²) in [5, 5.41) is 3.00. The second-order valence-corrected chi connectivity index (χ2v) is 7.31. The zero-order valence-corrected chi connectivity index (χ0v) is 16.3. The van der Waals surface area contributed by atoms with Gasteiger partial charge in [-0.25, -0.2) is 4.39 Å². The first-order chi connectivity index (χ1) is 13.0. The molecule has 0 radical (unpaired) electrons. The van der Waals surface area contributed by atoms with E-state index in [1.54, 1.807) is 0 Å². The monoisotopic (exact) mass is 389 g/mol. The van der Waals surface area contributed by atoms with Crippen molar-refractivity contribution < 1.29 is 9.18 Å². The maximum atomic E-state index is 13.1. The first-order valence-corrected chi connectivity index (χ1v) is 9.68. The van der Waals surface area contributed by atoms with Crippen LogP contribution < -0.4 is 10.2 Å². The lowest BCUT2D eigenvalue weighted by atomic mass is 10.2. The minimum Gasteiger partial charge on any atom is -0.369 e. The van der Waals surface area contributed by atoms with Crippen molar-refractivity contribution in [2.75, 3.05) is 44.2 Å². The number of halogens is 2. The van der Waals surface area contributed by atoms with E-state index in [-0.39, 0.29) is 10.9 Å². The van der Waals surface area contributed by atoms with Gasteiger partial charge in [-0.15, -0.1) is 0 Å². The molecule has 2 aromatic rings. The average molecular weight is 390 g/mol. The fourth-order valence-electron chi connectivity index (χ4n) is 3.33. The minimum absolute atomic E-state index is 0.139. The molecule has 4 nitrogen and oxygen atoms in total. The van der Waals surface area contributed by atoms with Gasteiger partial charge in [-0.3, -0.25) is 9.69 Å². The number of nitrogens with one attached hydrogen (secondary N) is 1. The Morgan fingerprint density at radius 3 is 2.63 bits per heavy atom. The first-order valence-electron chi connectivity index (χ1n) is 9.30. The number of rotatable bonds is 6. The summed E-state index contributed by atoms with van der Waals surface area (Å²) in [5.74, 6) is -0.703. The molecule has 0 aromatic heterocycles. The molecule has 0 spiro atoms. The quantitative estimate of drug-likeness (QED) is 0.764. The lowest BCUT2D eigenvalue weighted by Gasteiger charge is -2.36. The highest BCUT2D eigenvalue weighted by atomic mass is 35.5. The van der Waals surface area contributed by atoms with E-state index in [0.29, 0.717) is 12.1 Å². The lowest BCUT2D eigenvalue weighted by Crippen LogP contribution is -2.47. The van der Waals surface area contributed by atoms with Gasteiger partial charge < -0.3 is 10.2 Å². The van der Waals surface area contributed by atoms with E-state index < -0.39 is 5.82 Å². The van der Waals surface area contributed by atoms with Gasteiger partial charge in [0.2, 0.25) is 0 Å². The maximum Gasteiger partial charge on any atom is 0.252 e. The van der Waals surface area contributed by atoms with Crippen LogP contribution in [-0.4, -0.2) is 50.1 Å². The summed E-state index contributed by atoms with van der Waals surface area (Å²) in [6.07, 6.45) is 0.870. The van der Waals surface area contributed by atoms with Crippen LogP contribution in [0.15, 0.2) is 42.5 Å². The van der Waals surface area contributed by atoms with E-state index in [4.69, 9.17) is 11.6 Å². The fourth-order valence-corrected chi connectivity index (χ4v) is 3.58. The van der Waals surface area contributed by atoms with E-state index in [1.165, 1.54) is 23.4 Å². The van der Waals surface area contributed by atoms with E-state index in [9.17, 15) is 9.18 Å². The van der Waals surface area contributed by atoms with E-state index in [1.807, 2.05) is 0 Å². The predicted octanol–water partition coefficient (Wildman–Crippen LogP) is 3.73. The number of carbonyl (C=O) groups is 1. The maximum absolute atomic E-state index is 13.1. The summed E-state index contributed by atoms with van der Waals surface area (Å²) in [6, 6.07) is 12.4. The van der Waals surface area contributed by atoms with Crippen LogP contribution in [0.5, 0.6) is 0 Å². The van der Waals surface area contributed by atoms with Crippen molar-refractivity contribution in [2.24, 2.45) is 0 Å². The molecule has 27 heavy (non-hydrogen) atoms. The Labute approximate surface area is 164 Å². The van der Waals surface area contributed by atoms with Crippen molar-refractivity contribution in [1.82, 2.24) is 10.2 Å². The molecular weight excluding hydrogens is 365 g/mol. The van der Waals surface area contributed by atoms with Gasteiger partial charge in [0.05, 0.1) is 10.6 Å². The number of carbonyl (C=O) groups excluding carboxylic acids is 1. The number of hydrogen-bond donors (Lipinski definition) is 1. The molecule has 0 saturated carbocycles. The molecule has 1 fully saturated rings. The Bertz CT molecular complexity index is 791. The molecule has 3 rings (SSSR count). The van der Waals surface area contributed by atoms with Crippen LogP contribution in [0.3, 0.4) is 0 Å². The molecule has 1 N–H and O–H groups in total. The average Bonchev–Trinajstić information content (AvgIpc) is 2.65. The molecule has 0 bridgehead atoms. The van der Waals surface area contributed by atoms with Crippen LogP contribution in [0.25, 0.3) is 0 Å². The van der Waals surface area contributed by atoms with Gasteiger partial charge in [0.25, 0.3) is 5.91 Å². The highest BCUT2D eigenvalue weighted by Crippen LogP contribution is 2.18. The molecule has 1 amide bonds. The number of benzene rings is 2. The third kappa shape index (κ3) is 5.44. The molecule has 144 valence electrons. The topological polar surface area (TPSA) is 35.6 Å². The number of piperazine rings is 1. The molecule has 1 aliphatic rings. The van der Waals surface area contributed by atoms with Gasteiger partial charge in [0, 0.05) is 38.4 Å². The Morgan fingerprint density at radius 2 is 1.93 bits per heavy atom. The molecule has 0 atom stereocenters. The molecular formula is C21H25ClFN3O. The lowest BCUT2D eigenvalue weighted by molar-refractivity contribution is 0.0951. The Morgan fingerprint density at radius 1 is 1.15 bits per heavy atom. The summed E-state index contributed by atoms with van der Waals surface area (Å²) in [4.78, 5) is 17.0. The first kappa shape index (κ1) is 19.6. The van der Waals surface area contributed by atoms with Crippen molar-refractivity contribution in [2.45, 2.75) is 13.3 Å². The SMILES string of the molecule is Cc1cccc(N2CCN(CCCNC(=O)c3ccc(F)cc3Cl)CC2)c1. The zero-order chi connectivity index (χ0) is 19.2.